The van der Waals surface area contributed by atoms with Crippen LogP contribution in [-0.4, -0.2) is 193 Å². The molecule has 122 heavy (non-hydrogen) atoms. The van der Waals surface area contributed by atoms with Gasteiger partial charge in [0.2, 0.25) is 55.4 Å². The number of carbonyl (C=O) groups is 8. The number of pyridine rings is 2. The molecular formula is C88H112F6N6O20S2. The minimum atomic E-state index is -4.40. The Balaban J connectivity index is 0.000000210. The van der Waals surface area contributed by atoms with Crippen molar-refractivity contribution in [1.82, 2.24) is 29.2 Å². The molecule has 10 aliphatic rings. The first-order chi connectivity index (χ1) is 57.5. The van der Waals surface area contributed by atoms with Crippen molar-refractivity contribution >= 4 is 88.7 Å². The summed E-state index contributed by atoms with van der Waals surface area (Å²) in [5.41, 5.74) is -7.30. The van der Waals surface area contributed by atoms with Crippen molar-refractivity contribution in [1.29, 1.82) is 0 Å². The molecule has 4 amide bonds. The van der Waals surface area contributed by atoms with Crippen LogP contribution in [0, 0.1) is 58.2 Å². The van der Waals surface area contributed by atoms with Crippen LogP contribution >= 0.6 is 0 Å². The van der Waals surface area contributed by atoms with Gasteiger partial charge in [0.25, 0.3) is 11.8 Å². The normalized spacial score (nSPS) is 29.7. The summed E-state index contributed by atoms with van der Waals surface area (Å²) in [5.74, 6) is -14.0. The van der Waals surface area contributed by atoms with E-state index in [2.05, 4.69) is 19.4 Å². The van der Waals surface area contributed by atoms with Gasteiger partial charge in [0.15, 0.2) is 45.8 Å². The summed E-state index contributed by atoms with van der Waals surface area (Å²) in [6, 6.07) is 8.19. The number of ketones is 2. The number of nitrogens with one attached hydrogen (secondary N) is 2. The van der Waals surface area contributed by atoms with Crippen LogP contribution in [0.3, 0.4) is 0 Å². The Morgan fingerprint density at radius 3 is 1.25 bits per heavy atom. The topological polar surface area (TPSA) is 335 Å². The predicted octanol–water partition coefficient (Wildman–Crippen LogP) is 13.3. The number of fused-ring (bicyclic) bond motifs is 10. The molecular weight excluding hydrogens is 1640 g/mol. The van der Waals surface area contributed by atoms with Crippen molar-refractivity contribution in [3.63, 3.8) is 0 Å². The van der Waals surface area contributed by atoms with E-state index in [1.54, 1.807) is 48.8 Å². The summed E-state index contributed by atoms with van der Waals surface area (Å²) in [6.45, 7) is 12.5. The SMILES string of the molecule is CC[C@@H]1C[C@@H](C)CC/C=C\[C@@H]2C[C@@]2(C(=O)NS(=O)(=O)C2(CF)CC2)CC(=O)[C@@H]2C[C@@H](Oc3nccc4c5c(ccc34)OCCO5)CN2C(=O)[C@H]1CC(=O)OC(C)(C)C(C)(F)F.CC[C@@H]1C[C@H](C)CC/C=C\[C@@H]2C[C@@]2(C(=O)NS(=O)(=O)C2(CF)CC2)CC(=O)[C@@H]2C[C@@H](Oc3nccc4c5c(ccc34)OCCO5)CN2C(=O)[C@H]1CC(=O)OC(C)(C)C(C)(F)F. The molecule has 2 aromatic carbocycles. The maximum Gasteiger partial charge on any atom is 0.307 e. The lowest BCUT2D eigenvalue weighted by Gasteiger charge is -2.35. The molecule has 668 valence electrons. The van der Waals surface area contributed by atoms with Crippen LogP contribution in [0.5, 0.6) is 34.8 Å². The highest BCUT2D eigenvalue weighted by Gasteiger charge is 2.66. The monoisotopic (exact) mass is 1750 g/mol. The van der Waals surface area contributed by atoms with Gasteiger partial charge in [0.05, 0.1) is 60.7 Å². The molecule has 2 aromatic heterocycles. The Morgan fingerprint density at radius 1 is 0.533 bits per heavy atom. The van der Waals surface area contributed by atoms with Crippen molar-refractivity contribution in [3.05, 3.63) is 73.1 Å². The highest BCUT2D eigenvalue weighted by Crippen LogP contribution is 2.60. The molecule has 4 saturated carbocycles. The molecule has 14 atom stereocenters. The molecule has 2 saturated heterocycles. The van der Waals surface area contributed by atoms with Crippen molar-refractivity contribution in [2.24, 2.45) is 58.2 Å². The van der Waals surface area contributed by atoms with Crippen LogP contribution in [0.25, 0.3) is 21.5 Å². The number of carbonyl (C=O) groups excluding carboxylic acids is 8. The van der Waals surface area contributed by atoms with E-state index >= 15 is 9.59 Å². The van der Waals surface area contributed by atoms with E-state index in [1.807, 2.05) is 52.0 Å². The number of sulfonamides is 2. The average Bonchev–Trinajstić information content (AvgIpc) is 1.56. The molecule has 6 aliphatic heterocycles. The summed E-state index contributed by atoms with van der Waals surface area (Å²) >= 11 is 0. The molecule has 14 rings (SSSR count). The molecule has 2 N–H and O–H groups in total. The van der Waals surface area contributed by atoms with E-state index in [4.69, 9.17) is 37.9 Å². The maximum absolute atomic E-state index is 15.1. The number of rotatable bonds is 22. The van der Waals surface area contributed by atoms with Crippen LogP contribution in [0.4, 0.5) is 26.3 Å². The molecule has 0 radical (unpaired) electrons. The third-order valence-electron chi connectivity index (χ3n) is 27.3. The first-order valence-corrected chi connectivity index (χ1v) is 45.6. The Kier molecular flexibility index (Phi) is 26.0. The Hall–Kier alpha value is -8.82. The number of ether oxygens (including phenoxy) is 8. The fourth-order valence-electron chi connectivity index (χ4n) is 18.2. The number of hydrogen-bond acceptors (Lipinski definition) is 22. The predicted molar refractivity (Wildman–Crippen MR) is 435 cm³/mol. The van der Waals surface area contributed by atoms with Gasteiger partial charge in [-0.05, 0) is 177 Å². The number of aromatic nitrogens is 2. The van der Waals surface area contributed by atoms with E-state index in [1.165, 1.54) is 9.80 Å². The molecule has 0 unspecified atom stereocenters. The lowest BCUT2D eigenvalue weighted by molar-refractivity contribution is -0.197. The first-order valence-electron chi connectivity index (χ1n) is 42.6. The second-order valence-electron chi connectivity index (χ2n) is 36.7. The number of nitrogens with zero attached hydrogens (tertiary/aromatic N) is 4. The van der Waals surface area contributed by atoms with E-state index in [0.29, 0.717) is 136 Å². The van der Waals surface area contributed by atoms with Crippen molar-refractivity contribution < 1.29 is 119 Å². The fourth-order valence-corrected chi connectivity index (χ4v) is 21.1. The molecule has 0 spiro atoms. The number of benzene rings is 2. The van der Waals surface area contributed by atoms with Crippen LogP contribution in [-0.2, 0) is 67.9 Å². The maximum atomic E-state index is 15.1. The summed E-state index contributed by atoms with van der Waals surface area (Å²) in [7, 11) is -8.80. The molecule has 8 heterocycles. The van der Waals surface area contributed by atoms with Crippen molar-refractivity contribution in [3.8, 4) is 34.8 Å². The van der Waals surface area contributed by atoms with Gasteiger partial charge in [-0.25, -0.2) is 53.1 Å². The number of alkyl halides is 6. The molecule has 34 heteroatoms. The van der Waals surface area contributed by atoms with Crippen molar-refractivity contribution in [2.45, 2.75) is 254 Å². The smallest absolute Gasteiger partial charge is 0.307 e. The van der Waals surface area contributed by atoms with E-state index in [0.717, 1.165) is 27.7 Å². The standard InChI is InChI=1S/2C44H56F3N3O10S/c2*1-6-27-19-26(2)9-7-8-10-28-22-44(28,40(54)49-61(55,56)43(25-45)14-15-43)23-34(51)33-20-29(24-50(33)39(53)32(27)21-36(52)60-41(3,4)42(5,46)47)59-38-31-11-12-35-37(58-18-17-57-35)30(31)13-16-48-38/h2*8,10-13,16,26-29,32-33H,6-7,9,14-15,17-25H2,1-5H3,(H,49,54)/b2*10-8-/t26-,27+,28+,29+,32-,33-,44+;26-,27-,28-,29-,32+,33+,44-/m01/s1. The lowest BCUT2D eigenvalue weighted by atomic mass is 9.79. The highest BCUT2D eigenvalue weighted by atomic mass is 32.2. The number of Topliss-reactive ketones (excluding diaryl/α,β-unsaturated/α-hetero) is 2. The number of amides is 4. The van der Waals surface area contributed by atoms with Gasteiger partial charge in [-0.1, -0.05) is 64.8 Å². The minimum Gasteiger partial charge on any atom is -0.486 e. The Bertz CT molecular complexity index is 4690. The van der Waals surface area contributed by atoms with Crippen molar-refractivity contribution in [2.75, 3.05) is 52.9 Å². The van der Waals surface area contributed by atoms with Crippen LogP contribution in [0.15, 0.2) is 73.1 Å². The Labute approximate surface area is 707 Å². The number of allylic oxidation sites excluding steroid dienone is 4. The van der Waals surface area contributed by atoms with Crippen LogP contribution in [0.2, 0.25) is 0 Å². The van der Waals surface area contributed by atoms with Gasteiger partial charge in [-0.15, -0.1) is 0 Å². The van der Waals surface area contributed by atoms with Crippen LogP contribution in [0.1, 0.15) is 198 Å². The third-order valence-corrected chi connectivity index (χ3v) is 31.5. The van der Waals surface area contributed by atoms with E-state index < -0.39 is 209 Å². The van der Waals surface area contributed by atoms with Gasteiger partial charge >= 0.3 is 11.9 Å². The van der Waals surface area contributed by atoms with Gasteiger partial charge < -0.3 is 47.7 Å². The molecule has 4 aliphatic carbocycles. The second kappa shape index (κ2) is 35.0. The largest absolute Gasteiger partial charge is 0.486 e. The molecule has 6 fully saturated rings. The number of halogens is 6. The summed E-state index contributed by atoms with van der Waals surface area (Å²) in [5, 5.41) is 2.54. The van der Waals surface area contributed by atoms with Gasteiger partial charge in [-0.2, -0.15) is 0 Å². The summed E-state index contributed by atoms with van der Waals surface area (Å²) < 4.78 is 187. The first kappa shape index (κ1) is 90.9. The second-order valence-corrected chi connectivity index (χ2v) is 40.8. The van der Waals surface area contributed by atoms with E-state index in [9.17, 15) is 71.9 Å². The Morgan fingerprint density at radius 2 is 0.902 bits per heavy atom. The van der Waals surface area contributed by atoms with Gasteiger partial charge in [-0.3, -0.25) is 47.8 Å². The zero-order valence-corrected chi connectivity index (χ0v) is 72.3. The molecule has 4 aromatic rings. The highest BCUT2D eigenvalue weighted by molar-refractivity contribution is 7.92. The van der Waals surface area contributed by atoms with Crippen LogP contribution < -0.4 is 37.9 Å². The molecule has 26 nitrogen and oxygen atoms in total. The third kappa shape index (κ3) is 18.6. The average molecular weight is 1750 g/mol. The fraction of sp³-hybridized carbons (Fsp3) is 0.659. The lowest BCUT2D eigenvalue weighted by Crippen LogP contribution is -2.49. The number of esters is 2. The molecule has 0 bridgehead atoms. The number of hydrogen-bond donors (Lipinski definition) is 2. The van der Waals surface area contributed by atoms with Gasteiger partial charge in [0.1, 0.15) is 61.5 Å². The minimum absolute atomic E-state index is 0.0336. The van der Waals surface area contributed by atoms with Gasteiger partial charge in [0, 0.05) is 73.5 Å². The zero-order valence-electron chi connectivity index (χ0n) is 70.7. The zero-order chi connectivity index (χ0) is 88.2. The quantitative estimate of drug-likeness (QED) is 0.0419. The van der Waals surface area contributed by atoms with E-state index in [-0.39, 0.29) is 88.1 Å². The summed E-state index contributed by atoms with van der Waals surface area (Å²) in [4.78, 5) is 127. The summed E-state index contributed by atoms with van der Waals surface area (Å²) in [6.07, 6.45) is 12.0.